The summed E-state index contributed by atoms with van der Waals surface area (Å²) in [7, 11) is 0. The van der Waals surface area contributed by atoms with Gasteiger partial charge in [0.05, 0.1) is 0 Å². The highest BCUT2D eigenvalue weighted by Crippen LogP contribution is 2.15. The van der Waals surface area contributed by atoms with Gasteiger partial charge in [0, 0.05) is 44.6 Å². The van der Waals surface area contributed by atoms with Gasteiger partial charge in [0.1, 0.15) is 5.82 Å². The minimum Gasteiger partial charge on any atom is -0.353 e. The molecular formula is C13H19N5. The van der Waals surface area contributed by atoms with Crippen LogP contribution in [0.5, 0.6) is 0 Å². The summed E-state index contributed by atoms with van der Waals surface area (Å²) < 4.78 is 1.84. The Hall–Kier alpha value is -1.62. The average Bonchev–Trinajstić information content (AvgIpc) is 2.86. The quantitative estimate of drug-likeness (QED) is 0.798. The Morgan fingerprint density at radius 2 is 1.89 bits per heavy atom. The number of fused-ring (bicyclic) bond motifs is 1. The molecule has 1 aliphatic heterocycles. The van der Waals surface area contributed by atoms with Crippen molar-refractivity contribution in [2.24, 2.45) is 0 Å². The zero-order chi connectivity index (χ0) is 12.5. The van der Waals surface area contributed by atoms with Crippen molar-refractivity contribution < 1.29 is 0 Å². The predicted octanol–water partition coefficient (Wildman–Crippen LogP) is 1.26. The maximum absolute atomic E-state index is 4.59. The summed E-state index contributed by atoms with van der Waals surface area (Å²) in [6, 6.07) is 4.72. The van der Waals surface area contributed by atoms with E-state index in [9.17, 15) is 0 Å². The number of hydrogen-bond donors (Lipinski definition) is 0. The molecule has 96 valence electrons. The minimum absolute atomic E-state index is 0.635. The average molecular weight is 245 g/mol. The molecule has 0 amide bonds. The van der Waals surface area contributed by atoms with E-state index in [4.69, 9.17) is 0 Å². The maximum Gasteiger partial charge on any atom is 0.153 e. The van der Waals surface area contributed by atoms with Gasteiger partial charge in [-0.05, 0) is 26.0 Å². The highest BCUT2D eigenvalue weighted by Gasteiger charge is 2.19. The van der Waals surface area contributed by atoms with Crippen molar-refractivity contribution in [2.45, 2.75) is 19.9 Å². The van der Waals surface area contributed by atoms with Crippen LogP contribution in [0.1, 0.15) is 13.8 Å². The highest BCUT2D eigenvalue weighted by molar-refractivity contribution is 5.46. The Morgan fingerprint density at radius 3 is 2.61 bits per heavy atom. The van der Waals surface area contributed by atoms with Crippen LogP contribution in [0.4, 0.5) is 5.82 Å². The maximum atomic E-state index is 4.59. The fourth-order valence-electron chi connectivity index (χ4n) is 2.44. The van der Waals surface area contributed by atoms with Gasteiger partial charge in [-0.25, -0.2) is 9.50 Å². The molecule has 0 radical (unpaired) electrons. The third kappa shape index (κ3) is 2.06. The second kappa shape index (κ2) is 4.57. The first-order valence-electron chi connectivity index (χ1n) is 6.53. The first-order chi connectivity index (χ1) is 8.74. The smallest absolute Gasteiger partial charge is 0.153 e. The summed E-state index contributed by atoms with van der Waals surface area (Å²) in [6.45, 7) is 8.83. The van der Waals surface area contributed by atoms with Gasteiger partial charge in [-0.15, -0.1) is 5.10 Å². The van der Waals surface area contributed by atoms with Crippen molar-refractivity contribution in [1.82, 2.24) is 19.5 Å². The van der Waals surface area contributed by atoms with E-state index in [2.05, 4.69) is 39.8 Å². The molecule has 0 atom stereocenters. The molecule has 1 fully saturated rings. The van der Waals surface area contributed by atoms with E-state index in [1.165, 1.54) is 0 Å². The summed E-state index contributed by atoms with van der Waals surface area (Å²) in [6.07, 6.45) is 3.67. The van der Waals surface area contributed by atoms with Gasteiger partial charge in [0.25, 0.3) is 0 Å². The number of hydrogen-bond acceptors (Lipinski definition) is 4. The van der Waals surface area contributed by atoms with Crippen molar-refractivity contribution in [1.29, 1.82) is 0 Å². The largest absolute Gasteiger partial charge is 0.353 e. The van der Waals surface area contributed by atoms with Crippen LogP contribution in [-0.2, 0) is 0 Å². The summed E-state index contributed by atoms with van der Waals surface area (Å²) >= 11 is 0. The van der Waals surface area contributed by atoms with Crippen LogP contribution in [0.3, 0.4) is 0 Å². The molecule has 0 saturated carbocycles. The second-order valence-corrected chi connectivity index (χ2v) is 5.04. The SMILES string of the molecule is CC(C)N1CCN(c2ccc3nccn3n2)CC1. The van der Waals surface area contributed by atoms with E-state index in [1.807, 2.05) is 16.8 Å². The molecule has 1 saturated heterocycles. The van der Waals surface area contributed by atoms with Gasteiger partial charge in [-0.2, -0.15) is 0 Å². The first-order valence-corrected chi connectivity index (χ1v) is 6.53. The zero-order valence-electron chi connectivity index (χ0n) is 11.0. The molecule has 3 heterocycles. The van der Waals surface area contributed by atoms with Crippen molar-refractivity contribution in [3.8, 4) is 0 Å². The summed E-state index contributed by atoms with van der Waals surface area (Å²) in [5.41, 5.74) is 0.902. The molecular weight excluding hydrogens is 226 g/mol. The lowest BCUT2D eigenvalue weighted by molar-refractivity contribution is 0.209. The Morgan fingerprint density at radius 1 is 1.11 bits per heavy atom. The molecule has 5 nitrogen and oxygen atoms in total. The van der Waals surface area contributed by atoms with E-state index in [1.54, 1.807) is 6.20 Å². The Balaban J connectivity index is 1.75. The number of imidazole rings is 1. The third-order valence-corrected chi connectivity index (χ3v) is 3.61. The van der Waals surface area contributed by atoms with E-state index < -0.39 is 0 Å². The van der Waals surface area contributed by atoms with Crippen molar-refractivity contribution in [3.05, 3.63) is 24.5 Å². The molecule has 0 spiro atoms. The molecule has 2 aromatic heterocycles. The minimum atomic E-state index is 0.635. The third-order valence-electron chi connectivity index (χ3n) is 3.61. The summed E-state index contributed by atoms with van der Waals surface area (Å²) in [4.78, 5) is 9.07. The van der Waals surface area contributed by atoms with Gasteiger partial charge >= 0.3 is 0 Å². The van der Waals surface area contributed by atoms with E-state index >= 15 is 0 Å². The van der Waals surface area contributed by atoms with Crippen LogP contribution in [0.15, 0.2) is 24.5 Å². The van der Waals surface area contributed by atoms with Crippen LogP contribution in [0.2, 0.25) is 0 Å². The van der Waals surface area contributed by atoms with Crippen LogP contribution < -0.4 is 4.90 Å². The number of nitrogens with zero attached hydrogens (tertiary/aromatic N) is 5. The molecule has 2 aromatic rings. The molecule has 0 bridgehead atoms. The topological polar surface area (TPSA) is 36.7 Å². The fraction of sp³-hybridized carbons (Fsp3) is 0.538. The monoisotopic (exact) mass is 245 g/mol. The lowest BCUT2D eigenvalue weighted by Crippen LogP contribution is -2.49. The Kier molecular flexibility index (Phi) is 2.91. The van der Waals surface area contributed by atoms with Crippen molar-refractivity contribution in [3.63, 3.8) is 0 Å². The molecule has 0 N–H and O–H groups in total. The van der Waals surface area contributed by atoms with E-state index in [0.29, 0.717) is 6.04 Å². The van der Waals surface area contributed by atoms with E-state index in [-0.39, 0.29) is 0 Å². The Labute approximate surface area is 107 Å². The molecule has 0 aromatic carbocycles. The number of aromatic nitrogens is 3. The number of piperazine rings is 1. The molecule has 0 unspecified atom stereocenters. The van der Waals surface area contributed by atoms with Gasteiger partial charge in [-0.1, -0.05) is 0 Å². The van der Waals surface area contributed by atoms with Crippen LogP contribution in [0, 0.1) is 0 Å². The zero-order valence-corrected chi connectivity index (χ0v) is 11.0. The fourth-order valence-corrected chi connectivity index (χ4v) is 2.44. The standard InChI is InChI=1S/C13H19N5/c1-11(2)16-7-9-17(10-8-16)13-4-3-12-14-5-6-18(12)15-13/h3-6,11H,7-10H2,1-2H3. The van der Waals surface area contributed by atoms with Gasteiger partial charge in [0.2, 0.25) is 0 Å². The second-order valence-electron chi connectivity index (χ2n) is 5.04. The van der Waals surface area contributed by atoms with Crippen LogP contribution in [-0.4, -0.2) is 51.7 Å². The molecule has 0 aliphatic carbocycles. The van der Waals surface area contributed by atoms with Crippen LogP contribution >= 0.6 is 0 Å². The van der Waals surface area contributed by atoms with E-state index in [0.717, 1.165) is 37.6 Å². The van der Waals surface area contributed by atoms with Gasteiger partial charge in [-0.3, -0.25) is 4.90 Å². The predicted molar refractivity (Wildman–Crippen MR) is 71.9 cm³/mol. The molecule has 5 heteroatoms. The molecule has 3 rings (SSSR count). The van der Waals surface area contributed by atoms with Crippen molar-refractivity contribution in [2.75, 3.05) is 31.1 Å². The highest BCUT2D eigenvalue weighted by atomic mass is 15.4. The van der Waals surface area contributed by atoms with Crippen molar-refractivity contribution >= 4 is 11.5 Å². The number of anilines is 1. The Bertz CT molecular complexity index is 525. The lowest BCUT2D eigenvalue weighted by Gasteiger charge is -2.37. The number of rotatable bonds is 2. The molecule has 18 heavy (non-hydrogen) atoms. The van der Waals surface area contributed by atoms with Gasteiger partial charge < -0.3 is 4.90 Å². The normalized spacial score (nSPS) is 17.8. The molecule has 1 aliphatic rings. The van der Waals surface area contributed by atoms with Crippen LogP contribution in [0.25, 0.3) is 5.65 Å². The van der Waals surface area contributed by atoms with Gasteiger partial charge in [0.15, 0.2) is 5.65 Å². The lowest BCUT2D eigenvalue weighted by atomic mass is 10.2. The summed E-state index contributed by atoms with van der Waals surface area (Å²) in [5, 5.41) is 4.59. The first kappa shape index (κ1) is 11.5. The summed E-state index contributed by atoms with van der Waals surface area (Å²) in [5.74, 6) is 1.05.